The predicted molar refractivity (Wildman–Crippen MR) is 115 cm³/mol. The Bertz CT molecular complexity index is 1220. The summed E-state index contributed by atoms with van der Waals surface area (Å²) in [5, 5.41) is 12.1. The molecule has 4 aromatic rings. The molecule has 8 nitrogen and oxygen atoms in total. The van der Waals surface area contributed by atoms with Crippen LogP contribution in [0.15, 0.2) is 42.6 Å². The van der Waals surface area contributed by atoms with Gasteiger partial charge in [0.1, 0.15) is 5.82 Å². The maximum absolute atomic E-state index is 12.5. The fraction of sp³-hybridized carbons (Fsp3) is 0.227. The molecule has 4 rings (SSSR count). The highest BCUT2D eigenvalue weighted by atomic mass is 16.2. The Morgan fingerprint density at radius 1 is 1.13 bits per heavy atom. The fourth-order valence-electron chi connectivity index (χ4n) is 3.50. The van der Waals surface area contributed by atoms with E-state index in [4.69, 9.17) is 5.73 Å². The first kappa shape index (κ1) is 19.5. The number of fused-ring (bicyclic) bond motifs is 1. The monoisotopic (exact) mass is 401 g/mol. The van der Waals surface area contributed by atoms with Crippen molar-refractivity contribution in [2.24, 2.45) is 0 Å². The van der Waals surface area contributed by atoms with Crippen LogP contribution in [-0.2, 0) is 13.1 Å². The third-order valence-electron chi connectivity index (χ3n) is 5.05. The number of aryl methyl sites for hydroxylation is 3. The Balaban J connectivity index is 1.48. The molecule has 0 unspecified atom stereocenters. The number of hydrogen-bond acceptors (Lipinski definition) is 6. The molecule has 0 saturated carbocycles. The summed E-state index contributed by atoms with van der Waals surface area (Å²) >= 11 is 0. The summed E-state index contributed by atoms with van der Waals surface area (Å²) in [5.41, 5.74) is 11.7. The number of nitrogen functional groups attached to an aromatic ring is 1. The normalized spacial score (nSPS) is 11.0. The molecule has 1 aromatic carbocycles. The van der Waals surface area contributed by atoms with Crippen LogP contribution in [0, 0.1) is 20.8 Å². The van der Waals surface area contributed by atoms with Crippen LogP contribution in [0.1, 0.15) is 38.6 Å². The third-order valence-corrected chi connectivity index (χ3v) is 5.05. The molecule has 3 N–H and O–H groups in total. The van der Waals surface area contributed by atoms with Gasteiger partial charge in [0.05, 0.1) is 18.3 Å². The summed E-state index contributed by atoms with van der Waals surface area (Å²) in [6.45, 7) is 6.62. The van der Waals surface area contributed by atoms with Gasteiger partial charge < -0.3 is 11.1 Å². The van der Waals surface area contributed by atoms with Crippen molar-refractivity contribution in [3.8, 4) is 0 Å². The molecule has 30 heavy (non-hydrogen) atoms. The number of amides is 1. The molecule has 0 aliphatic carbocycles. The van der Waals surface area contributed by atoms with Crippen molar-refractivity contribution in [2.45, 2.75) is 33.9 Å². The van der Waals surface area contributed by atoms with Crippen molar-refractivity contribution in [2.75, 3.05) is 5.73 Å². The smallest absolute Gasteiger partial charge is 0.273 e. The Morgan fingerprint density at radius 2 is 1.97 bits per heavy atom. The van der Waals surface area contributed by atoms with Crippen LogP contribution < -0.4 is 11.1 Å². The minimum atomic E-state index is -0.288. The lowest BCUT2D eigenvalue weighted by atomic mass is 10.1. The van der Waals surface area contributed by atoms with Crippen LogP contribution in [0.3, 0.4) is 0 Å². The summed E-state index contributed by atoms with van der Waals surface area (Å²) in [6.07, 6.45) is 1.64. The van der Waals surface area contributed by atoms with E-state index in [1.165, 1.54) is 0 Å². The van der Waals surface area contributed by atoms with E-state index >= 15 is 0 Å². The average Bonchev–Trinajstić information content (AvgIpc) is 3.16. The van der Waals surface area contributed by atoms with Gasteiger partial charge in [0.2, 0.25) is 0 Å². The first-order valence-corrected chi connectivity index (χ1v) is 9.67. The number of benzene rings is 1. The molecule has 0 spiro atoms. The molecule has 3 heterocycles. The maximum atomic E-state index is 12.5. The van der Waals surface area contributed by atoms with Crippen molar-refractivity contribution in [3.63, 3.8) is 0 Å². The number of pyridine rings is 2. The SMILES string of the molecule is Cc1ccc2cccc(Cn3cc(C(=O)NCc4c(C)cc(N)nc4C)nn3)c2n1. The lowest BCUT2D eigenvalue weighted by Gasteiger charge is -2.10. The lowest BCUT2D eigenvalue weighted by molar-refractivity contribution is 0.0945. The van der Waals surface area contributed by atoms with Crippen LogP contribution in [0.25, 0.3) is 10.9 Å². The summed E-state index contributed by atoms with van der Waals surface area (Å²) in [7, 11) is 0. The number of carbonyl (C=O) groups is 1. The second-order valence-electron chi connectivity index (χ2n) is 7.35. The highest BCUT2D eigenvalue weighted by molar-refractivity contribution is 5.91. The van der Waals surface area contributed by atoms with Gasteiger partial charge in [-0.2, -0.15) is 0 Å². The van der Waals surface area contributed by atoms with Crippen LogP contribution in [0.2, 0.25) is 0 Å². The van der Waals surface area contributed by atoms with Crippen molar-refractivity contribution in [3.05, 3.63) is 76.4 Å². The molecule has 0 bridgehead atoms. The highest BCUT2D eigenvalue weighted by Gasteiger charge is 2.13. The van der Waals surface area contributed by atoms with E-state index in [1.54, 1.807) is 16.9 Å². The Labute approximate surface area is 174 Å². The molecule has 0 saturated heterocycles. The van der Waals surface area contributed by atoms with Crippen LogP contribution in [0.5, 0.6) is 0 Å². The van der Waals surface area contributed by atoms with Gasteiger partial charge in [-0.25, -0.2) is 9.67 Å². The van der Waals surface area contributed by atoms with Crippen molar-refractivity contribution in [1.82, 2.24) is 30.3 Å². The van der Waals surface area contributed by atoms with Crippen molar-refractivity contribution >= 4 is 22.6 Å². The minimum Gasteiger partial charge on any atom is -0.384 e. The molecule has 0 atom stereocenters. The predicted octanol–water partition coefficient (Wildman–Crippen LogP) is 2.71. The molecule has 1 amide bonds. The molecule has 0 aliphatic rings. The highest BCUT2D eigenvalue weighted by Crippen LogP contribution is 2.18. The molecule has 0 radical (unpaired) electrons. The van der Waals surface area contributed by atoms with E-state index in [0.717, 1.165) is 39.0 Å². The van der Waals surface area contributed by atoms with E-state index in [0.29, 0.717) is 18.9 Å². The van der Waals surface area contributed by atoms with E-state index in [-0.39, 0.29) is 11.6 Å². The Morgan fingerprint density at radius 3 is 2.77 bits per heavy atom. The zero-order valence-corrected chi connectivity index (χ0v) is 17.2. The zero-order chi connectivity index (χ0) is 21.3. The van der Waals surface area contributed by atoms with Crippen LogP contribution in [-0.4, -0.2) is 30.9 Å². The number of rotatable bonds is 5. The molecule has 0 fully saturated rings. The number of nitrogens with two attached hydrogens (primary N) is 1. The van der Waals surface area contributed by atoms with Gasteiger partial charge in [0, 0.05) is 23.3 Å². The first-order chi connectivity index (χ1) is 14.4. The van der Waals surface area contributed by atoms with E-state index < -0.39 is 0 Å². The second kappa shape index (κ2) is 7.90. The summed E-state index contributed by atoms with van der Waals surface area (Å²) in [5.74, 6) is 0.185. The largest absolute Gasteiger partial charge is 0.384 e. The van der Waals surface area contributed by atoms with E-state index in [9.17, 15) is 4.79 Å². The van der Waals surface area contributed by atoms with Crippen LogP contribution in [0.4, 0.5) is 5.82 Å². The van der Waals surface area contributed by atoms with Crippen molar-refractivity contribution in [1.29, 1.82) is 0 Å². The number of nitrogens with one attached hydrogen (secondary N) is 1. The second-order valence-corrected chi connectivity index (χ2v) is 7.35. The topological polar surface area (TPSA) is 112 Å². The number of anilines is 1. The summed E-state index contributed by atoms with van der Waals surface area (Å²) in [4.78, 5) is 21.4. The molecule has 8 heteroatoms. The van der Waals surface area contributed by atoms with Gasteiger partial charge in [-0.15, -0.1) is 5.10 Å². The number of carbonyl (C=O) groups excluding carboxylic acids is 1. The maximum Gasteiger partial charge on any atom is 0.273 e. The average molecular weight is 401 g/mol. The van der Waals surface area contributed by atoms with E-state index in [2.05, 4.69) is 31.7 Å². The number of aromatic nitrogens is 5. The molecular formula is C22H23N7O. The van der Waals surface area contributed by atoms with E-state index in [1.807, 2.05) is 45.0 Å². The van der Waals surface area contributed by atoms with Gasteiger partial charge in [0.15, 0.2) is 5.69 Å². The lowest BCUT2D eigenvalue weighted by Crippen LogP contribution is -2.24. The molecule has 152 valence electrons. The standard InChI is InChI=1S/C22H23N7O/c1-13-9-20(23)26-15(3)18(13)10-24-22(30)19-12-29(28-27-19)11-17-6-4-5-16-8-7-14(2)25-21(16)17/h4-9,12H,10-11H2,1-3H3,(H2,23,26)(H,24,30). The Kier molecular flexibility index (Phi) is 5.14. The zero-order valence-electron chi connectivity index (χ0n) is 17.2. The van der Waals surface area contributed by atoms with Gasteiger partial charge >= 0.3 is 0 Å². The minimum absolute atomic E-state index is 0.262. The first-order valence-electron chi connectivity index (χ1n) is 9.67. The molecule has 0 aliphatic heterocycles. The summed E-state index contributed by atoms with van der Waals surface area (Å²) < 4.78 is 1.65. The third kappa shape index (κ3) is 3.98. The van der Waals surface area contributed by atoms with Crippen LogP contribution >= 0.6 is 0 Å². The number of para-hydroxylation sites is 1. The summed E-state index contributed by atoms with van der Waals surface area (Å²) in [6, 6.07) is 11.9. The van der Waals surface area contributed by atoms with Gasteiger partial charge in [0.25, 0.3) is 5.91 Å². The quantitative estimate of drug-likeness (QED) is 0.532. The van der Waals surface area contributed by atoms with Gasteiger partial charge in [-0.1, -0.05) is 29.5 Å². The van der Waals surface area contributed by atoms with Gasteiger partial charge in [-0.05, 0) is 49.6 Å². The Hall–Kier alpha value is -3.81. The van der Waals surface area contributed by atoms with Gasteiger partial charge in [-0.3, -0.25) is 9.78 Å². The molecule has 3 aromatic heterocycles. The number of hydrogen-bond donors (Lipinski definition) is 2. The van der Waals surface area contributed by atoms with Crippen molar-refractivity contribution < 1.29 is 4.79 Å². The molecular weight excluding hydrogens is 378 g/mol. The fourth-order valence-corrected chi connectivity index (χ4v) is 3.50. The number of nitrogens with zero attached hydrogens (tertiary/aromatic N) is 5.